The third-order valence-electron chi connectivity index (χ3n) is 3.85. The molecule has 0 aliphatic carbocycles. The number of nitrogens with one attached hydrogen (secondary N) is 1. The summed E-state index contributed by atoms with van der Waals surface area (Å²) in [5.74, 6) is -0.0460. The summed E-state index contributed by atoms with van der Waals surface area (Å²) < 4.78 is 38.1. The second kappa shape index (κ2) is 7.60. The van der Waals surface area contributed by atoms with Crippen molar-refractivity contribution in [2.75, 3.05) is 7.11 Å². The van der Waals surface area contributed by atoms with E-state index in [1.54, 1.807) is 30.5 Å². The summed E-state index contributed by atoms with van der Waals surface area (Å²) in [6.45, 7) is -0.00978. The second-order valence-corrected chi connectivity index (χ2v) is 7.31. The molecule has 3 aromatic rings. The number of benzene rings is 1. The van der Waals surface area contributed by atoms with Crippen molar-refractivity contribution in [2.45, 2.75) is 11.4 Å². The Morgan fingerprint density at radius 2 is 2.07 bits per heavy atom. The molecule has 0 saturated carbocycles. The van der Waals surface area contributed by atoms with Crippen molar-refractivity contribution < 1.29 is 22.4 Å². The number of hydrogen-bond donors (Lipinski definition) is 2. The van der Waals surface area contributed by atoms with Crippen LogP contribution in [-0.2, 0) is 16.6 Å². The molecule has 1 amide bonds. The van der Waals surface area contributed by atoms with Gasteiger partial charge in [0.25, 0.3) is 5.91 Å². The number of amides is 1. The van der Waals surface area contributed by atoms with Gasteiger partial charge in [0, 0.05) is 12.7 Å². The fourth-order valence-electron chi connectivity index (χ4n) is 2.52. The zero-order valence-electron chi connectivity index (χ0n) is 14.4. The summed E-state index contributed by atoms with van der Waals surface area (Å²) >= 11 is 0. The van der Waals surface area contributed by atoms with Gasteiger partial charge in [-0.15, -0.1) is 0 Å². The van der Waals surface area contributed by atoms with E-state index < -0.39 is 15.9 Å². The number of methoxy groups -OCH3 is 1. The number of furan rings is 1. The quantitative estimate of drug-likeness (QED) is 0.638. The average molecular weight is 387 g/mol. The zero-order chi connectivity index (χ0) is 19.4. The minimum absolute atomic E-state index is 0.00978. The number of rotatable bonds is 7. The predicted octanol–water partition coefficient (Wildman–Crippen LogP) is 1.93. The molecule has 3 rings (SSSR count). The standard InChI is InChI=1S/C18H17N3O5S/c1-25-15-7-6-13(10-14(15)18(19)22)27(23,24)21-11-12-4-2-8-20-17(12)16-5-3-9-26-16/h2-10,21H,11H2,1H3,(H2,19,22). The van der Waals surface area contributed by atoms with E-state index in [1.807, 2.05) is 0 Å². The van der Waals surface area contributed by atoms with Crippen molar-refractivity contribution in [3.05, 3.63) is 66.1 Å². The summed E-state index contributed by atoms with van der Waals surface area (Å²) in [6.07, 6.45) is 3.11. The highest BCUT2D eigenvalue weighted by Gasteiger charge is 2.19. The van der Waals surface area contributed by atoms with Crippen molar-refractivity contribution in [2.24, 2.45) is 5.73 Å². The molecule has 3 N–H and O–H groups in total. The van der Waals surface area contributed by atoms with Gasteiger partial charge in [0.2, 0.25) is 10.0 Å². The first kappa shape index (κ1) is 18.6. The van der Waals surface area contributed by atoms with Crippen LogP contribution in [0.15, 0.2) is 64.2 Å². The number of carbonyl (C=O) groups is 1. The molecule has 0 aliphatic heterocycles. The number of nitrogens with two attached hydrogens (primary N) is 1. The molecule has 0 unspecified atom stereocenters. The van der Waals surface area contributed by atoms with Crippen LogP contribution in [0.25, 0.3) is 11.5 Å². The molecular formula is C18H17N3O5S. The maximum Gasteiger partial charge on any atom is 0.252 e. The Hall–Kier alpha value is -3.17. The lowest BCUT2D eigenvalue weighted by atomic mass is 10.1. The summed E-state index contributed by atoms with van der Waals surface area (Å²) in [7, 11) is -2.53. The normalized spacial score (nSPS) is 11.3. The average Bonchev–Trinajstić information content (AvgIpc) is 3.20. The molecule has 2 heterocycles. The third kappa shape index (κ3) is 3.99. The molecule has 1 aromatic carbocycles. The van der Waals surface area contributed by atoms with Crippen LogP contribution in [-0.4, -0.2) is 26.4 Å². The summed E-state index contributed by atoms with van der Waals surface area (Å²) in [5.41, 5.74) is 6.45. The van der Waals surface area contributed by atoms with Crippen LogP contribution in [0.2, 0.25) is 0 Å². The number of carbonyl (C=O) groups excluding carboxylic acids is 1. The molecule has 140 valence electrons. The van der Waals surface area contributed by atoms with Crippen LogP contribution < -0.4 is 15.2 Å². The van der Waals surface area contributed by atoms with Crippen LogP contribution in [0.1, 0.15) is 15.9 Å². The number of hydrogen-bond acceptors (Lipinski definition) is 6. The topological polar surface area (TPSA) is 125 Å². The first-order chi connectivity index (χ1) is 12.9. The molecule has 0 atom stereocenters. The lowest BCUT2D eigenvalue weighted by Gasteiger charge is -2.11. The highest BCUT2D eigenvalue weighted by molar-refractivity contribution is 7.89. The van der Waals surface area contributed by atoms with Gasteiger partial charge in [0.1, 0.15) is 11.4 Å². The molecule has 9 heteroatoms. The predicted molar refractivity (Wildman–Crippen MR) is 97.5 cm³/mol. The lowest BCUT2D eigenvalue weighted by Crippen LogP contribution is -2.24. The van der Waals surface area contributed by atoms with E-state index in [-0.39, 0.29) is 22.8 Å². The Balaban J connectivity index is 1.87. The van der Waals surface area contributed by atoms with Gasteiger partial charge < -0.3 is 14.9 Å². The van der Waals surface area contributed by atoms with E-state index in [1.165, 1.54) is 31.6 Å². The van der Waals surface area contributed by atoms with Crippen molar-refractivity contribution in [1.82, 2.24) is 9.71 Å². The van der Waals surface area contributed by atoms with Gasteiger partial charge in [0.15, 0.2) is 5.76 Å². The Morgan fingerprint density at radius 1 is 1.26 bits per heavy atom. The largest absolute Gasteiger partial charge is 0.496 e. The molecule has 2 aromatic heterocycles. The molecule has 0 fully saturated rings. The van der Waals surface area contributed by atoms with Gasteiger partial charge in [-0.3, -0.25) is 9.78 Å². The molecule has 8 nitrogen and oxygen atoms in total. The van der Waals surface area contributed by atoms with Crippen LogP contribution in [0.3, 0.4) is 0 Å². The first-order valence-corrected chi connectivity index (χ1v) is 9.36. The van der Waals surface area contributed by atoms with Gasteiger partial charge >= 0.3 is 0 Å². The minimum Gasteiger partial charge on any atom is -0.496 e. The summed E-state index contributed by atoms with van der Waals surface area (Å²) in [6, 6.07) is 10.8. The molecular weight excluding hydrogens is 370 g/mol. The third-order valence-corrected chi connectivity index (χ3v) is 5.24. The molecule has 0 spiro atoms. The molecule has 0 bridgehead atoms. The van der Waals surface area contributed by atoms with Crippen LogP contribution >= 0.6 is 0 Å². The highest BCUT2D eigenvalue weighted by atomic mass is 32.2. The Labute approximate surface area is 156 Å². The van der Waals surface area contributed by atoms with Gasteiger partial charge in [0.05, 0.1) is 23.8 Å². The molecule has 0 radical (unpaired) electrons. The number of aromatic nitrogens is 1. The van der Waals surface area contributed by atoms with Crippen LogP contribution in [0, 0.1) is 0 Å². The zero-order valence-corrected chi connectivity index (χ0v) is 15.2. The Morgan fingerprint density at radius 3 is 2.74 bits per heavy atom. The summed E-state index contributed by atoms with van der Waals surface area (Å²) in [5, 5.41) is 0. The summed E-state index contributed by atoms with van der Waals surface area (Å²) in [4.78, 5) is 15.7. The number of primary amides is 1. The van der Waals surface area contributed by atoms with Gasteiger partial charge in [-0.05, 0) is 42.0 Å². The van der Waals surface area contributed by atoms with E-state index in [4.69, 9.17) is 14.9 Å². The second-order valence-electron chi connectivity index (χ2n) is 5.54. The minimum atomic E-state index is -3.90. The van der Waals surface area contributed by atoms with Crippen molar-refractivity contribution in [3.8, 4) is 17.2 Å². The van der Waals surface area contributed by atoms with Crippen LogP contribution in [0.5, 0.6) is 5.75 Å². The van der Waals surface area contributed by atoms with Crippen LogP contribution in [0.4, 0.5) is 0 Å². The Bertz CT molecular complexity index is 1060. The fraction of sp³-hybridized carbons (Fsp3) is 0.111. The van der Waals surface area contributed by atoms with E-state index in [0.717, 1.165) is 0 Å². The van der Waals surface area contributed by atoms with Crippen molar-refractivity contribution in [1.29, 1.82) is 0 Å². The first-order valence-electron chi connectivity index (χ1n) is 7.87. The van der Waals surface area contributed by atoms with Gasteiger partial charge in [-0.1, -0.05) is 6.07 Å². The monoisotopic (exact) mass is 387 g/mol. The Kier molecular flexibility index (Phi) is 5.24. The van der Waals surface area contributed by atoms with E-state index >= 15 is 0 Å². The fourth-order valence-corrected chi connectivity index (χ4v) is 3.55. The number of sulfonamides is 1. The maximum absolute atomic E-state index is 12.6. The smallest absolute Gasteiger partial charge is 0.252 e. The number of pyridine rings is 1. The van der Waals surface area contributed by atoms with Crippen molar-refractivity contribution >= 4 is 15.9 Å². The maximum atomic E-state index is 12.6. The SMILES string of the molecule is COc1ccc(S(=O)(=O)NCc2cccnc2-c2ccco2)cc1C(N)=O. The van der Waals surface area contributed by atoms with E-state index in [2.05, 4.69) is 9.71 Å². The number of nitrogens with zero attached hydrogens (tertiary/aromatic N) is 1. The lowest BCUT2D eigenvalue weighted by molar-refractivity contribution is 0.0997. The van der Waals surface area contributed by atoms with Crippen molar-refractivity contribution in [3.63, 3.8) is 0 Å². The molecule has 0 aliphatic rings. The van der Waals surface area contributed by atoms with Gasteiger partial charge in [-0.25, -0.2) is 13.1 Å². The van der Waals surface area contributed by atoms with Gasteiger partial charge in [-0.2, -0.15) is 0 Å². The van der Waals surface area contributed by atoms with E-state index in [0.29, 0.717) is 17.0 Å². The molecule has 0 saturated heterocycles. The van der Waals surface area contributed by atoms with E-state index in [9.17, 15) is 13.2 Å². The number of ether oxygens (including phenoxy) is 1. The highest BCUT2D eigenvalue weighted by Crippen LogP contribution is 2.24. The molecule has 27 heavy (non-hydrogen) atoms.